The summed E-state index contributed by atoms with van der Waals surface area (Å²) in [5, 5.41) is 11.9. The lowest BCUT2D eigenvalue weighted by Gasteiger charge is -2.28. The predicted molar refractivity (Wildman–Crippen MR) is 81.2 cm³/mol. The third-order valence-electron chi connectivity index (χ3n) is 3.46. The second-order valence-electron chi connectivity index (χ2n) is 5.31. The third kappa shape index (κ3) is 4.73. The van der Waals surface area contributed by atoms with Crippen molar-refractivity contribution in [3.05, 3.63) is 29.8 Å². The SMILES string of the molecule is COC(=O)CNC(=O)C(C(C)C)C(OC)c1ccc(O)cc1. The maximum absolute atomic E-state index is 12.4. The Kier molecular flexibility index (Phi) is 6.85. The lowest BCUT2D eigenvalue weighted by atomic mass is 9.85. The zero-order chi connectivity index (χ0) is 16.7. The molecule has 0 radical (unpaired) electrons. The highest BCUT2D eigenvalue weighted by molar-refractivity contribution is 5.84. The molecule has 0 aliphatic rings. The Hall–Kier alpha value is -2.08. The Balaban J connectivity index is 2.93. The van der Waals surface area contributed by atoms with E-state index in [2.05, 4.69) is 10.1 Å². The van der Waals surface area contributed by atoms with E-state index in [9.17, 15) is 14.7 Å². The molecule has 122 valence electrons. The summed E-state index contributed by atoms with van der Waals surface area (Å²) in [6.45, 7) is 3.65. The smallest absolute Gasteiger partial charge is 0.325 e. The average Bonchev–Trinajstić information content (AvgIpc) is 2.50. The maximum atomic E-state index is 12.4. The molecule has 0 heterocycles. The van der Waals surface area contributed by atoms with Crippen LogP contribution in [0.3, 0.4) is 0 Å². The van der Waals surface area contributed by atoms with Gasteiger partial charge in [-0.05, 0) is 23.6 Å². The number of nitrogens with one attached hydrogen (secondary N) is 1. The van der Waals surface area contributed by atoms with Crippen molar-refractivity contribution >= 4 is 11.9 Å². The van der Waals surface area contributed by atoms with E-state index in [0.29, 0.717) is 0 Å². The third-order valence-corrected chi connectivity index (χ3v) is 3.46. The molecule has 0 aliphatic carbocycles. The second kappa shape index (κ2) is 8.38. The van der Waals surface area contributed by atoms with Crippen LogP contribution < -0.4 is 5.32 Å². The number of amides is 1. The molecule has 1 aromatic carbocycles. The largest absolute Gasteiger partial charge is 0.508 e. The minimum Gasteiger partial charge on any atom is -0.508 e. The van der Waals surface area contributed by atoms with Gasteiger partial charge < -0.3 is 19.9 Å². The molecule has 0 aliphatic heterocycles. The molecular weight excluding hydrogens is 286 g/mol. The summed E-state index contributed by atoms with van der Waals surface area (Å²) in [5.41, 5.74) is 0.784. The molecule has 6 heteroatoms. The number of hydrogen-bond acceptors (Lipinski definition) is 5. The van der Waals surface area contributed by atoms with Crippen LogP contribution >= 0.6 is 0 Å². The van der Waals surface area contributed by atoms with Crippen molar-refractivity contribution in [1.82, 2.24) is 5.32 Å². The molecule has 1 aromatic rings. The number of phenolic OH excluding ortho intramolecular Hbond substituents is 1. The minimum atomic E-state index is -0.505. The van der Waals surface area contributed by atoms with Crippen LogP contribution in [0.1, 0.15) is 25.5 Å². The first-order valence-electron chi connectivity index (χ1n) is 7.07. The van der Waals surface area contributed by atoms with Crippen LogP contribution in [0.4, 0.5) is 0 Å². The van der Waals surface area contributed by atoms with Gasteiger partial charge in [-0.25, -0.2) is 0 Å². The van der Waals surface area contributed by atoms with Crippen molar-refractivity contribution in [2.24, 2.45) is 11.8 Å². The first-order valence-corrected chi connectivity index (χ1v) is 7.07. The molecule has 2 atom stereocenters. The number of benzene rings is 1. The number of aromatic hydroxyl groups is 1. The van der Waals surface area contributed by atoms with Gasteiger partial charge in [-0.3, -0.25) is 9.59 Å². The van der Waals surface area contributed by atoms with E-state index in [-0.39, 0.29) is 24.1 Å². The van der Waals surface area contributed by atoms with E-state index in [4.69, 9.17) is 4.74 Å². The van der Waals surface area contributed by atoms with E-state index in [1.54, 1.807) is 24.3 Å². The first kappa shape index (κ1) is 18.0. The Labute approximate surface area is 130 Å². The van der Waals surface area contributed by atoms with E-state index >= 15 is 0 Å². The van der Waals surface area contributed by atoms with Crippen molar-refractivity contribution in [3.63, 3.8) is 0 Å². The number of esters is 1. The van der Waals surface area contributed by atoms with Crippen molar-refractivity contribution in [1.29, 1.82) is 0 Å². The summed E-state index contributed by atoms with van der Waals surface area (Å²) in [5.74, 6) is -1.11. The monoisotopic (exact) mass is 309 g/mol. The molecule has 2 unspecified atom stereocenters. The van der Waals surface area contributed by atoms with Gasteiger partial charge >= 0.3 is 5.97 Å². The lowest BCUT2D eigenvalue weighted by Crippen LogP contribution is -2.40. The average molecular weight is 309 g/mol. The van der Waals surface area contributed by atoms with Crippen LogP contribution in [0.25, 0.3) is 0 Å². The molecular formula is C16H23NO5. The number of rotatable bonds is 7. The quantitative estimate of drug-likeness (QED) is 0.748. The highest BCUT2D eigenvalue weighted by atomic mass is 16.5. The number of hydrogen-bond donors (Lipinski definition) is 2. The number of carbonyl (C=O) groups is 2. The highest BCUT2D eigenvalue weighted by Crippen LogP contribution is 2.32. The number of methoxy groups -OCH3 is 2. The molecule has 0 saturated heterocycles. The molecule has 0 fully saturated rings. The summed E-state index contributed by atoms with van der Waals surface area (Å²) in [6, 6.07) is 6.52. The van der Waals surface area contributed by atoms with Gasteiger partial charge in [-0.2, -0.15) is 0 Å². The molecule has 0 spiro atoms. The Bertz CT molecular complexity index is 498. The van der Waals surface area contributed by atoms with Crippen molar-refractivity contribution in [3.8, 4) is 5.75 Å². The summed E-state index contributed by atoms with van der Waals surface area (Å²) < 4.78 is 10.0. The summed E-state index contributed by atoms with van der Waals surface area (Å²) in [4.78, 5) is 23.6. The van der Waals surface area contributed by atoms with Gasteiger partial charge in [0.05, 0.1) is 19.1 Å². The van der Waals surface area contributed by atoms with Crippen LogP contribution in [0.15, 0.2) is 24.3 Å². The predicted octanol–water partition coefficient (Wildman–Crippen LogP) is 1.64. The Morgan fingerprint density at radius 1 is 1.18 bits per heavy atom. The highest BCUT2D eigenvalue weighted by Gasteiger charge is 2.32. The van der Waals surface area contributed by atoms with Crippen molar-refractivity contribution in [2.45, 2.75) is 20.0 Å². The summed E-state index contributed by atoms with van der Waals surface area (Å²) >= 11 is 0. The van der Waals surface area contributed by atoms with Crippen molar-refractivity contribution < 1.29 is 24.2 Å². The van der Waals surface area contributed by atoms with E-state index in [1.807, 2.05) is 13.8 Å². The van der Waals surface area contributed by atoms with E-state index in [1.165, 1.54) is 14.2 Å². The minimum absolute atomic E-state index is 0.00333. The van der Waals surface area contributed by atoms with Gasteiger partial charge in [0.25, 0.3) is 0 Å². The van der Waals surface area contributed by atoms with Gasteiger partial charge in [-0.15, -0.1) is 0 Å². The van der Waals surface area contributed by atoms with Gasteiger partial charge in [-0.1, -0.05) is 26.0 Å². The molecule has 0 aromatic heterocycles. The number of phenols is 1. The fraction of sp³-hybridized carbons (Fsp3) is 0.500. The lowest BCUT2D eigenvalue weighted by molar-refractivity contribution is -0.143. The van der Waals surface area contributed by atoms with E-state index in [0.717, 1.165) is 5.56 Å². The molecule has 1 rings (SSSR count). The Morgan fingerprint density at radius 3 is 2.23 bits per heavy atom. The molecule has 6 nitrogen and oxygen atoms in total. The maximum Gasteiger partial charge on any atom is 0.325 e. The van der Waals surface area contributed by atoms with Crippen LogP contribution in [-0.4, -0.2) is 37.7 Å². The fourth-order valence-corrected chi connectivity index (χ4v) is 2.29. The van der Waals surface area contributed by atoms with Crippen molar-refractivity contribution in [2.75, 3.05) is 20.8 Å². The topological polar surface area (TPSA) is 84.9 Å². The summed E-state index contributed by atoms with van der Waals surface area (Å²) in [7, 11) is 2.79. The zero-order valence-electron chi connectivity index (χ0n) is 13.3. The van der Waals surface area contributed by atoms with Crippen LogP contribution in [0, 0.1) is 11.8 Å². The number of ether oxygens (including phenoxy) is 2. The van der Waals surface area contributed by atoms with Gasteiger partial charge in [0.1, 0.15) is 12.3 Å². The Morgan fingerprint density at radius 2 is 1.77 bits per heavy atom. The van der Waals surface area contributed by atoms with E-state index < -0.39 is 18.0 Å². The zero-order valence-corrected chi connectivity index (χ0v) is 13.3. The molecule has 1 amide bonds. The first-order chi connectivity index (χ1) is 10.4. The fourth-order valence-electron chi connectivity index (χ4n) is 2.29. The molecule has 2 N–H and O–H groups in total. The number of carbonyl (C=O) groups excluding carboxylic acids is 2. The normalized spacial score (nSPS) is 13.5. The van der Waals surface area contributed by atoms with Crippen LogP contribution in [0.2, 0.25) is 0 Å². The summed E-state index contributed by atoms with van der Waals surface area (Å²) in [6.07, 6.45) is -0.474. The standard InChI is InChI=1S/C16H23NO5/c1-10(2)14(16(20)17-9-13(19)21-3)15(22-4)11-5-7-12(18)8-6-11/h5-8,10,14-15,18H,9H2,1-4H3,(H,17,20). The van der Waals surface area contributed by atoms with Gasteiger partial charge in [0, 0.05) is 7.11 Å². The van der Waals surface area contributed by atoms with Gasteiger partial charge in [0.2, 0.25) is 5.91 Å². The molecule has 0 saturated carbocycles. The molecule has 0 bridgehead atoms. The second-order valence-corrected chi connectivity index (χ2v) is 5.31. The van der Waals surface area contributed by atoms with Gasteiger partial charge in [0.15, 0.2) is 0 Å². The molecule has 22 heavy (non-hydrogen) atoms. The van der Waals surface area contributed by atoms with Crippen LogP contribution in [-0.2, 0) is 19.1 Å². The van der Waals surface area contributed by atoms with Crippen LogP contribution in [0.5, 0.6) is 5.75 Å².